The molecule has 0 unspecified atom stereocenters. The highest BCUT2D eigenvalue weighted by atomic mass is 16.5. The second-order valence-corrected chi connectivity index (χ2v) is 4.62. The molecule has 110 valence electrons. The third-order valence-electron chi connectivity index (χ3n) is 3.35. The molecule has 1 aliphatic carbocycles. The van der Waals surface area contributed by atoms with Crippen LogP contribution in [0, 0.1) is 5.92 Å². The van der Waals surface area contributed by atoms with Gasteiger partial charge in [-0.2, -0.15) is 9.97 Å². The summed E-state index contributed by atoms with van der Waals surface area (Å²) in [5, 5.41) is 9.22. The first-order valence-electron chi connectivity index (χ1n) is 6.50. The van der Waals surface area contributed by atoms with Crippen molar-refractivity contribution in [3.63, 3.8) is 0 Å². The largest absolute Gasteiger partial charge is 0.481 e. The number of carboxylic acid groups (broad SMARTS) is 1. The SMILES string of the molecule is COc1cc(OC)nc(O[C@@H]2CCCC[C@@H]2C(=O)O)n1. The van der Waals surface area contributed by atoms with Crippen molar-refractivity contribution >= 4 is 5.97 Å². The van der Waals surface area contributed by atoms with Gasteiger partial charge >= 0.3 is 12.0 Å². The van der Waals surface area contributed by atoms with Crippen LogP contribution in [0.1, 0.15) is 25.7 Å². The van der Waals surface area contributed by atoms with Crippen molar-refractivity contribution in [2.24, 2.45) is 5.92 Å². The number of methoxy groups -OCH3 is 2. The summed E-state index contributed by atoms with van der Waals surface area (Å²) < 4.78 is 15.7. The maximum atomic E-state index is 11.2. The molecule has 1 aromatic rings. The Bertz CT molecular complexity index is 458. The van der Waals surface area contributed by atoms with E-state index in [4.69, 9.17) is 14.2 Å². The van der Waals surface area contributed by atoms with E-state index in [1.54, 1.807) is 0 Å². The lowest BCUT2D eigenvalue weighted by Crippen LogP contribution is -2.36. The van der Waals surface area contributed by atoms with Gasteiger partial charge in [0.05, 0.1) is 26.2 Å². The number of nitrogens with zero attached hydrogens (tertiary/aromatic N) is 2. The Morgan fingerprint density at radius 3 is 2.35 bits per heavy atom. The van der Waals surface area contributed by atoms with Crippen molar-refractivity contribution < 1.29 is 24.1 Å². The maximum Gasteiger partial charge on any atom is 0.323 e. The fourth-order valence-corrected chi connectivity index (χ4v) is 2.30. The molecular weight excluding hydrogens is 264 g/mol. The van der Waals surface area contributed by atoms with Gasteiger partial charge in [-0.1, -0.05) is 6.42 Å². The van der Waals surface area contributed by atoms with E-state index in [1.807, 2.05) is 0 Å². The molecule has 1 saturated carbocycles. The predicted molar refractivity (Wildman–Crippen MR) is 69.1 cm³/mol. The van der Waals surface area contributed by atoms with Crippen LogP contribution in [0.4, 0.5) is 0 Å². The monoisotopic (exact) mass is 282 g/mol. The molecule has 20 heavy (non-hydrogen) atoms. The van der Waals surface area contributed by atoms with Gasteiger partial charge in [0.25, 0.3) is 0 Å². The van der Waals surface area contributed by atoms with Crippen LogP contribution in [-0.2, 0) is 4.79 Å². The maximum absolute atomic E-state index is 11.2. The molecule has 2 rings (SSSR count). The second-order valence-electron chi connectivity index (χ2n) is 4.62. The zero-order valence-corrected chi connectivity index (χ0v) is 11.5. The van der Waals surface area contributed by atoms with Crippen molar-refractivity contribution in [2.45, 2.75) is 31.8 Å². The summed E-state index contributed by atoms with van der Waals surface area (Å²) >= 11 is 0. The number of carboxylic acids is 1. The summed E-state index contributed by atoms with van der Waals surface area (Å²) in [6.07, 6.45) is 2.72. The summed E-state index contributed by atoms with van der Waals surface area (Å²) in [6, 6.07) is 1.61. The van der Waals surface area contributed by atoms with Gasteiger partial charge in [-0.15, -0.1) is 0 Å². The Morgan fingerprint density at radius 2 is 1.80 bits per heavy atom. The van der Waals surface area contributed by atoms with Crippen LogP contribution in [0.3, 0.4) is 0 Å². The van der Waals surface area contributed by atoms with Crippen LogP contribution in [0.5, 0.6) is 17.8 Å². The van der Waals surface area contributed by atoms with E-state index < -0.39 is 18.0 Å². The predicted octanol–water partition coefficient (Wildman–Crippen LogP) is 1.52. The molecule has 1 aromatic heterocycles. The van der Waals surface area contributed by atoms with E-state index in [9.17, 15) is 9.90 Å². The lowest BCUT2D eigenvalue weighted by Gasteiger charge is -2.28. The van der Waals surface area contributed by atoms with Crippen LogP contribution in [0.25, 0.3) is 0 Å². The van der Waals surface area contributed by atoms with E-state index in [0.29, 0.717) is 24.6 Å². The topological polar surface area (TPSA) is 90.8 Å². The first-order chi connectivity index (χ1) is 9.63. The lowest BCUT2D eigenvalue weighted by molar-refractivity contribution is -0.146. The van der Waals surface area contributed by atoms with Crippen LogP contribution in [0.15, 0.2) is 6.07 Å². The second kappa shape index (κ2) is 6.40. The Balaban J connectivity index is 2.17. The normalized spacial score (nSPS) is 22.1. The van der Waals surface area contributed by atoms with Crippen LogP contribution in [0.2, 0.25) is 0 Å². The average molecular weight is 282 g/mol. The molecule has 7 heteroatoms. The third-order valence-corrected chi connectivity index (χ3v) is 3.35. The summed E-state index contributed by atoms with van der Waals surface area (Å²) in [6.45, 7) is 0. The van der Waals surface area contributed by atoms with E-state index in [1.165, 1.54) is 20.3 Å². The standard InChI is InChI=1S/C13H18N2O5/c1-18-10-7-11(19-2)15-13(14-10)20-9-6-4-3-5-8(9)12(16)17/h7-9H,3-6H2,1-2H3,(H,16,17)/t8-,9+/m0/s1. The molecule has 0 amide bonds. The number of aromatic nitrogens is 2. The minimum Gasteiger partial charge on any atom is -0.481 e. The Morgan fingerprint density at radius 1 is 1.20 bits per heavy atom. The summed E-state index contributed by atoms with van der Waals surface area (Å²) in [7, 11) is 2.96. The van der Waals surface area contributed by atoms with Crippen molar-refractivity contribution in [2.75, 3.05) is 14.2 Å². The minimum atomic E-state index is -0.843. The molecule has 0 spiro atoms. The lowest BCUT2D eigenvalue weighted by atomic mass is 9.86. The van der Waals surface area contributed by atoms with Gasteiger partial charge < -0.3 is 19.3 Å². The fraction of sp³-hybridized carbons (Fsp3) is 0.615. The Kier molecular flexibility index (Phi) is 4.60. The Hall–Kier alpha value is -2.05. The van der Waals surface area contributed by atoms with Crippen LogP contribution in [-0.4, -0.2) is 41.4 Å². The van der Waals surface area contributed by atoms with E-state index in [0.717, 1.165) is 12.8 Å². The van der Waals surface area contributed by atoms with Crippen LogP contribution < -0.4 is 14.2 Å². The van der Waals surface area contributed by atoms with Crippen molar-refractivity contribution in [1.29, 1.82) is 0 Å². The van der Waals surface area contributed by atoms with E-state index in [-0.39, 0.29) is 6.01 Å². The van der Waals surface area contributed by atoms with Gasteiger partial charge in [0, 0.05) is 0 Å². The fourth-order valence-electron chi connectivity index (χ4n) is 2.30. The quantitative estimate of drug-likeness (QED) is 0.875. The molecule has 1 fully saturated rings. The molecule has 0 aromatic carbocycles. The number of aliphatic carboxylic acids is 1. The zero-order chi connectivity index (χ0) is 14.5. The number of hydrogen-bond acceptors (Lipinski definition) is 6. The van der Waals surface area contributed by atoms with Gasteiger partial charge in [-0.05, 0) is 19.3 Å². The van der Waals surface area contributed by atoms with Crippen LogP contribution >= 0.6 is 0 Å². The summed E-state index contributed by atoms with van der Waals surface area (Å²) in [5.74, 6) is -0.738. The molecule has 0 bridgehead atoms. The van der Waals surface area contributed by atoms with Gasteiger partial charge in [0.2, 0.25) is 11.8 Å². The molecule has 1 N–H and O–H groups in total. The molecular formula is C13H18N2O5. The smallest absolute Gasteiger partial charge is 0.323 e. The number of hydrogen-bond donors (Lipinski definition) is 1. The minimum absolute atomic E-state index is 0.0827. The van der Waals surface area contributed by atoms with E-state index in [2.05, 4.69) is 9.97 Å². The molecule has 2 atom stereocenters. The Labute approximate surface area is 116 Å². The van der Waals surface area contributed by atoms with Gasteiger partial charge in [-0.3, -0.25) is 4.79 Å². The van der Waals surface area contributed by atoms with E-state index >= 15 is 0 Å². The van der Waals surface area contributed by atoms with Crippen molar-refractivity contribution in [3.8, 4) is 17.8 Å². The number of carbonyl (C=O) groups is 1. The van der Waals surface area contributed by atoms with Gasteiger partial charge in [0.15, 0.2) is 0 Å². The average Bonchev–Trinajstić information content (AvgIpc) is 2.47. The number of rotatable bonds is 5. The van der Waals surface area contributed by atoms with Crippen molar-refractivity contribution in [1.82, 2.24) is 9.97 Å². The van der Waals surface area contributed by atoms with Crippen molar-refractivity contribution in [3.05, 3.63) is 6.07 Å². The molecule has 0 radical (unpaired) electrons. The molecule has 1 heterocycles. The highest BCUT2D eigenvalue weighted by Gasteiger charge is 2.33. The van der Waals surface area contributed by atoms with Gasteiger partial charge in [-0.25, -0.2) is 0 Å². The summed E-state index contributed by atoms with van der Waals surface area (Å²) in [5.41, 5.74) is 0. The zero-order valence-electron chi connectivity index (χ0n) is 11.5. The first kappa shape index (κ1) is 14.4. The first-order valence-corrected chi connectivity index (χ1v) is 6.50. The molecule has 0 saturated heterocycles. The van der Waals surface area contributed by atoms with Gasteiger partial charge in [0.1, 0.15) is 6.10 Å². The third kappa shape index (κ3) is 3.28. The molecule has 1 aliphatic rings. The number of ether oxygens (including phenoxy) is 3. The molecule has 0 aliphatic heterocycles. The highest BCUT2D eigenvalue weighted by molar-refractivity contribution is 5.70. The molecule has 7 nitrogen and oxygen atoms in total. The summed E-state index contributed by atoms with van der Waals surface area (Å²) in [4.78, 5) is 19.3. The highest BCUT2D eigenvalue weighted by Crippen LogP contribution is 2.29.